The Bertz CT molecular complexity index is 162. The van der Waals surface area contributed by atoms with Gasteiger partial charge in [-0.25, -0.2) is 0 Å². The Balaban J connectivity index is 1.56. The van der Waals surface area contributed by atoms with Crippen LogP contribution in [0, 0.1) is 0 Å². The van der Waals surface area contributed by atoms with Crippen molar-refractivity contribution in [2.24, 2.45) is 0 Å². The van der Waals surface area contributed by atoms with Crippen LogP contribution in [0.4, 0.5) is 0 Å². The molecule has 0 spiro atoms. The number of aliphatic hydroxyl groups excluding tert-OH is 1. The van der Waals surface area contributed by atoms with Crippen LogP contribution in [0.3, 0.4) is 0 Å². The largest absolute Gasteiger partial charge is 0.396 e. The Kier molecular flexibility index (Phi) is 1.47. The van der Waals surface area contributed by atoms with Crippen molar-refractivity contribution in [2.75, 3.05) is 13.2 Å². The molecule has 2 heterocycles. The average molecular weight is 160 g/mol. The van der Waals surface area contributed by atoms with Gasteiger partial charge >= 0.3 is 5.97 Å². The quantitative estimate of drug-likeness (QED) is 0.461. The van der Waals surface area contributed by atoms with Crippen molar-refractivity contribution in [2.45, 2.75) is 31.5 Å². The average Bonchev–Trinajstić information content (AvgIpc) is 2.67. The first-order valence-electron chi connectivity index (χ1n) is 3.88. The second-order valence-electron chi connectivity index (χ2n) is 2.99. The van der Waals surface area contributed by atoms with Crippen LogP contribution in [0.2, 0.25) is 0 Å². The van der Waals surface area contributed by atoms with E-state index in [1.807, 2.05) is 6.92 Å². The maximum absolute atomic E-state index is 8.45. The molecular formula is C7H12O4. The van der Waals surface area contributed by atoms with E-state index in [-0.39, 0.29) is 6.61 Å². The van der Waals surface area contributed by atoms with Crippen LogP contribution in [0.15, 0.2) is 0 Å². The molecule has 0 atom stereocenters. The van der Waals surface area contributed by atoms with E-state index in [9.17, 15) is 0 Å². The van der Waals surface area contributed by atoms with Crippen LogP contribution in [0.25, 0.3) is 0 Å². The summed E-state index contributed by atoms with van der Waals surface area (Å²) >= 11 is 0. The molecule has 0 amide bonds. The van der Waals surface area contributed by atoms with E-state index < -0.39 is 11.8 Å². The van der Waals surface area contributed by atoms with Crippen molar-refractivity contribution in [3.8, 4) is 0 Å². The Morgan fingerprint density at radius 3 is 2.45 bits per heavy atom. The maximum Gasteiger partial charge on any atom is 0.346 e. The molecule has 64 valence electrons. The Hall–Kier alpha value is -0.160. The monoisotopic (exact) mass is 160 g/mol. The number of fused-ring (bicyclic) bond motifs is 1. The van der Waals surface area contributed by atoms with Gasteiger partial charge in [0.15, 0.2) is 0 Å². The highest BCUT2D eigenvalue weighted by Gasteiger charge is 2.91. The molecule has 0 unspecified atom stereocenters. The lowest BCUT2D eigenvalue weighted by Crippen LogP contribution is -2.06. The third-order valence-corrected chi connectivity index (χ3v) is 1.98. The highest BCUT2D eigenvalue weighted by atomic mass is 17.2. The molecule has 0 radical (unpaired) electrons. The number of ether oxygens (including phenoxy) is 3. The normalized spacial score (nSPS) is 45.3. The molecule has 0 aromatic heterocycles. The van der Waals surface area contributed by atoms with Gasteiger partial charge in [-0.2, -0.15) is 0 Å². The summed E-state index contributed by atoms with van der Waals surface area (Å²) in [7, 11) is 0. The van der Waals surface area contributed by atoms with Crippen molar-refractivity contribution in [1.29, 1.82) is 0 Å². The molecule has 2 fully saturated rings. The Labute approximate surface area is 65.1 Å². The van der Waals surface area contributed by atoms with Crippen molar-refractivity contribution < 1.29 is 19.3 Å². The molecule has 0 aliphatic carbocycles. The number of aliphatic hydroxyl groups is 1. The molecule has 4 heteroatoms. The van der Waals surface area contributed by atoms with Crippen LogP contribution in [0.5, 0.6) is 0 Å². The van der Waals surface area contributed by atoms with E-state index in [2.05, 4.69) is 0 Å². The summed E-state index contributed by atoms with van der Waals surface area (Å²) in [4.78, 5) is 0. The summed E-state index contributed by atoms with van der Waals surface area (Å²) < 4.78 is 15.4. The number of hydrogen-bond acceptors (Lipinski definition) is 4. The van der Waals surface area contributed by atoms with Crippen molar-refractivity contribution in [3.63, 3.8) is 0 Å². The van der Waals surface area contributed by atoms with Gasteiger partial charge in [0.25, 0.3) is 5.79 Å². The minimum atomic E-state index is -0.678. The van der Waals surface area contributed by atoms with Crippen LogP contribution in [-0.4, -0.2) is 30.1 Å². The van der Waals surface area contributed by atoms with E-state index in [0.29, 0.717) is 6.61 Å². The highest BCUT2D eigenvalue weighted by molar-refractivity contribution is 5.08. The lowest BCUT2D eigenvalue weighted by atomic mass is 10.3. The third-order valence-electron chi connectivity index (χ3n) is 1.98. The summed E-state index contributed by atoms with van der Waals surface area (Å²) in [6.07, 6.45) is 1.62. The van der Waals surface area contributed by atoms with Crippen LogP contribution < -0.4 is 0 Å². The number of epoxide rings is 2. The molecule has 0 saturated carbocycles. The van der Waals surface area contributed by atoms with E-state index >= 15 is 0 Å². The first kappa shape index (κ1) is 7.49. The molecule has 0 bridgehead atoms. The summed E-state index contributed by atoms with van der Waals surface area (Å²) in [6.45, 7) is 2.66. The fourth-order valence-electron chi connectivity index (χ4n) is 1.08. The van der Waals surface area contributed by atoms with Gasteiger partial charge in [0.1, 0.15) is 0 Å². The molecule has 0 aromatic rings. The van der Waals surface area contributed by atoms with Crippen molar-refractivity contribution in [3.05, 3.63) is 0 Å². The van der Waals surface area contributed by atoms with Gasteiger partial charge in [-0.1, -0.05) is 0 Å². The lowest BCUT2D eigenvalue weighted by molar-refractivity contribution is -0.210. The first-order valence-corrected chi connectivity index (χ1v) is 3.88. The molecule has 11 heavy (non-hydrogen) atoms. The van der Waals surface area contributed by atoms with Crippen molar-refractivity contribution in [1.82, 2.24) is 0 Å². The SMILES string of the molecule is CC12OC1(OCCCCO)O2. The fourth-order valence-corrected chi connectivity index (χ4v) is 1.08. The molecule has 2 aliphatic heterocycles. The van der Waals surface area contributed by atoms with Gasteiger partial charge in [0, 0.05) is 6.61 Å². The Morgan fingerprint density at radius 1 is 1.36 bits per heavy atom. The van der Waals surface area contributed by atoms with Gasteiger partial charge in [0.05, 0.1) is 6.61 Å². The number of rotatable bonds is 5. The topological polar surface area (TPSA) is 54.5 Å². The van der Waals surface area contributed by atoms with Gasteiger partial charge in [-0.15, -0.1) is 0 Å². The van der Waals surface area contributed by atoms with Gasteiger partial charge in [-0.3, -0.25) is 9.47 Å². The molecular weight excluding hydrogens is 148 g/mol. The van der Waals surface area contributed by atoms with Crippen LogP contribution in [0.1, 0.15) is 19.8 Å². The zero-order chi connectivity index (χ0) is 7.95. The van der Waals surface area contributed by atoms with Crippen molar-refractivity contribution >= 4 is 0 Å². The zero-order valence-electron chi connectivity index (χ0n) is 6.50. The molecule has 1 N–H and O–H groups in total. The zero-order valence-corrected chi connectivity index (χ0v) is 6.50. The molecule has 0 aromatic carbocycles. The summed E-state index contributed by atoms with van der Waals surface area (Å²) in [5.74, 6) is -1.10. The van der Waals surface area contributed by atoms with Gasteiger partial charge in [-0.05, 0) is 19.8 Å². The minimum Gasteiger partial charge on any atom is -0.396 e. The van der Waals surface area contributed by atoms with Crippen LogP contribution in [-0.2, 0) is 14.2 Å². The predicted octanol–water partition coefficient (Wildman–Crippen LogP) is 0.206. The third kappa shape index (κ3) is 1.06. The summed E-state index contributed by atoms with van der Waals surface area (Å²) in [5, 5.41) is 8.45. The van der Waals surface area contributed by atoms with Crippen LogP contribution >= 0.6 is 0 Å². The molecule has 2 saturated heterocycles. The smallest absolute Gasteiger partial charge is 0.346 e. The van der Waals surface area contributed by atoms with Gasteiger partial charge < -0.3 is 9.84 Å². The summed E-state index contributed by atoms with van der Waals surface area (Å²) in [5.41, 5.74) is 0. The van der Waals surface area contributed by atoms with Gasteiger partial charge in [0.2, 0.25) is 0 Å². The standard InChI is InChI=1S/C7H12O4/c1-6-7(10-6,11-6)9-5-3-2-4-8/h8H,2-5H2,1H3. The fraction of sp³-hybridized carbons (Fsp3) is 1.00. The number of hydrogen-bond donors (Lipinski definition) is 1. The predicted molar refractivity (Wildman–Crippen MR) is 35.6 cm³/mol. The van der Waals surface area contributed by atoms with E-state index in [1.165, 1.54) is 0 Å². The minimum absolute atomic E-state index is 0.218. The first-order chi connectivity index (χ1) is 5.22. The summed E-state index contributed by atoms with van der Waals surface area (Å²) in [6, 6.07) is 0. The van der Waals surface area contributed by atoms with E-state index in [0.717, 1.165) is 12.8 Å². The Morgan fingerprint density at radius 2 is 2.00 bits per heavy atom. The second kappa shape index (κ2) is 2.17. The molecule has 2 rings (SSSR count). The van der Waals surface area contributed by atoms with E-state index in [1.54, 1.807) is 0 Å². The number of unbranched alkanes of at least 4 members (excludes halogenated alkanes) is 1. The molecule has 4 nitrogen and oxygen atoms in total. The maximum atomic E-state index is 8.45. The second-order valence-corrected chi connectivity index (χ2v) is 2.99. The molecule has 2 aliphatic rings. The lowest BCUT2D eigenvalue weighted by Gasteiger charge is -2.01. The van der Waals surface area contributed by atoms with E-state index in [4.69, 9.17) is 19.3 Å². The highest BCUT2D eigenvalue weighted by Crippen LogP contribution is 2.67.